The zero-order valence-corrected chi connectivity index (χ0v) is 14.2. The number of nitrogens with zero attached hydrogens (tertiary/aromatic N) is 1. The number of rotatable bonds is 8. The number of aliphatic carboxylic acids is 1. The van der Waals surface area contributed by atoms with Gasteiger partial charge in [0.1, 0.15) is 0 Å². The van der Waals surface area contributed by atoms with E-state index in [2.05, 4.69) is 9.46 Å². The number of carboxylic acids is 1. The van der Waals surface area contributed by atoms with E-state index < -0.39 is 22.0 Å². The number of hydrogen-bond acceptors (Lipinski definition) is 7. The van der Waals surface area contributed by atoms with Gasteiger partial charge in [0.05, 0.1) is 13.7 Å². The molecule has 1 aromatic heterocycles. The fourth-order valence-corrected chi connectivity index (χ4v) is 3.80. The average molecular weight is 360 g/mol. The van der Waals surface area contributed by atoms with Crippen LogP contribution in [0.5, 0.6) is 0 Å². The Kier molecular flexibility index (Phi) is 5.62. The number of ether oxygens (including phenoxy) is 1. The van der Waals surface area contributed by atoms with Gasteiger partial charge in [-0.1, -0.05) is 6.92 Å². The lowest BCUT2D eigenvalue weighted by molar-refractivity contribution is -0.139. The van der Waals surface area contributed by atoms with Gasteiger partial charge in [-0.3, -0.25) is 9.69 Å². The summed E-state index contributed by atoms with van der Waals surface area (Å²) in [7, 11) is -2.71. The van der Waals surface area contributed by atoms with Gasteiger partial charge in [0.15, 0.2) is 0 Å². The SMILES string of the molecule is CCN(CC(=O)O)C1CC(NS(=O)(=O)c2ccc(C(=O)OC)o2)C1. The van der Waals surface area contributed by atoms with Crippen LogP contribution in [0.4, 0.5) is 0 Å². The lowest BCUT2D eigenvalue weighted by Crippen LogP contribution is -2.54. The fraction of sp³-hybridized carbons (Fsp3) is 0.571. The molecule has 0 unspecified atom stereocenters. The summed E-state index contributed by atoms with van der Waals surface area (Å²) in [6.07, 6.45) is 1.04. The van der Waals surface area contributed by atoms with Crippen molar-refractivity contribution in [1.82, 2.24) is 9.62 Å². The highest BCUT2D eigenvalue weighted by molar-refractivity contribution is 7.89. The van der Waals surface area contributed by atoms with Gasteiger partial charge < -0.3 is 14.3 Å². The number of nitrogens with one attached hydrogen (secondary N) is 1. The maximum absolute atomic E-state index is 12.2. The zero-order chi connectivity index (χ0) is 17.9. The predicted molar refractivity (Wildman–Crippen MR) is 82.1 cm³/mol. The van der Waals surface area contributed by atoms with E-state index in [1.165, 1.54) is 19.2 Å². The van der Waals surface area contributed by atoms with Crippen molar-refractivity contribution in [2.75, 3.05) is 20.2 Å². The van der Waals surface area contributed by atoms with E-state index >= 15 is 0 Å². The first-order valence-corrected chi connectivity index (χ1v) is 8.91. The summed E-state index contributed by atoms with van der Waals surface area (Å²) in [5.41, 5.74) is 0. The minimum Gasteiger partial charge on any atom is -0.480 e. The van der Waals surface area contributed by atoms with E-state index in [0.29, 0.717) is 19.4 Å². The van der Waals surface area contributed by atoms with Crippen molar-refractivity contribution in [3.05, 3.63) is 17.9 Å². The minimum atomic E-state index is -3.88. The zero-order valence-electron chi connectivity index (χ0n) is 13.4. The van der Waals surface area contributed by atoms with Crippen LogP contribution in [0.1, 0.15) is 30.3 Å². The summed E-state index contributed by atoms with van der Waals surface area (Å²) in [4.78, 5) is 23.9. The molecule has 134 valence electrons. The third-order valence-corrected chi connectivity index (χ3v) is 5.32. The molecule has 9 nitrogen and oxygen atoms in total. The highest BCUT2D eigenvalue weighted by atomic mass is 32.2. The highest BCUT2D eigenvalue weighted by Gasteiger charge is 2.37. The first-order chi connectivity index (χ1) is 11.3. The van der Waals surface area contributed by atoms with Gasteiger partial charge in [-0.25, -0.2) is 17.9 Å². The molecule has 1 aliphatic carbocycles. The Morgan fingerprint density at radius 3 is 2.62 bits per heavy atom. The molecule has 1 saturated carbocycles. The van der Waals surface area contributed by atoms with E-state index in [4.69, 9.17) is 9.52 Å². The van der Waals surface area contributed by atoms with Crippen molar-refractivity contribution in [3.63, 3.8) is 0 Å². The number of likely N-dealkylation sites (N-methyl/N-ethyl adjacent to an activating group) is 1. The molecule has 24 heavy (non-hydrogen) atoms. The second-order valence-electron chi connectivity index (χ2n) is 5.51. The second-order valence-corrected chi connectivity index (χ2v) is 7.16. The van der Waals surface area contributed by atoms with E-state index in [0.717, 1.165) is 0 Å². The molecule has 0 atom stereocenters. The molecule has 0 saturated heterocycles. The molecule has 2 rings (SSSR count). The molecular formula is C14H20N2O7S. The van der Waals surface area contributed by atoms with Gasteiger partial charge in [0, 0.05) is 12.1 Å². The fourth-order valence-electron chi connectivity index (χ4n) is 2.61. The third kappa shape index (κ3) is 4.13. The monoisotopic (exact) mass is 360 g/mol. The summed E-state index contributed by atoms with van der Waals surface area (Å²) >= 11 is 0. The van der Waals surface area contributed by atoms with Crippen LogP contribution in [0.2, 0.25) is 0 Å². The van der Waals surface area contributed by atoms with E-state index in [-0.39, 0.29) is 29.5 Å². The molecule has 2 N–H and O–H groups in total. The maximum Gasteiger partial charge on any atom is 0.374 e. The van der Waals surface area contributed by atoms with E-state index in [1.54, 1.807) is 4.90 Å². The van der Waals surface area contributed by atoms with Crippen LogP contribution in [0.3, 0.4) is 0 Å². The smallest absolute Gasteiger partial charge is 0.374 e. The average Bonchev–Trinajstić information content (AvgIpc) is 2.98. The topological polar surface area (TPSA) is 126 Å². The normalized spacial score (nSPS) is 20.6. The Balaban J connectivity index is 1.93. The molecule has 1 heterocycles. The first-order valence-electron chi connectivity index (χ1n) is 7.43. The Morgan fingerprint density at radius 1 is 1.42 bits per heavy atom. The number of carbonyl (C=O) groups is 2. The van der Waals surface area contributed by atoms with Crippen LogP contribution in [0, 0.1) is 0 Å². The Hall–Kier alpha value is -1.91. The summed E-state index contributed by atoms with van der Waals surface area (Å²) < 4.78 is 36.4. The molecule has 0 aromatic carbocycles. The standard InChI is InChI=1S/C14H20N2O7S/c1-3-16(8-12(17)18)10-6-9(7-10)15-24(20,21)13-5-4-11(23-13)14(19)22-2/h4-5,9-10,15H,3,6-8H2,1-2H3,(H,17,18). The molecule has 1 aromatic rings. The van der Waals surface area contributed by atoms with Gasteiger partial charge in [-0.15, -0.1) is 0 Å². The molecular weight excluding hydrogens is 340 g/mol. The van der Waals surface area contributed by atoms with Gasteiger partial charge in [0.2, 0.25) is 10.9 Å². The molecule has 1 fully saturated rings. The van der Waals surface area contributed by atoms with Crippen molar-refractivity contribution < 1.29 is 32.3 Å². The Bertz CT molecular complexity index is 706. The van der Waals surface area contributed by atoms with Crippen molar-refractivity contribution in [1.29, 1.82) is 0 Å². The molecule has 0 radical (unpaired) electrons. The van der Waals surface area contributed by atoms with E-state index in [1.807, 2.05) is 6.92 Å². The lowest BCUT2D eigenvalue weighted by atomic mass is 9.86. The number of furan rings is 1. The number of carbonyl (C=O) groups excluding carboxylic acids is 1. The number of methoxy groups -OCH3 is 1. The van der Waals surface area contributed by atoms with Gasteiger partial charge in [0.25, 0.3) is 10.0 Å². The minimum absolute atomic E-state index is 0.0287. The van der Waals surface area contributed by atoms with Gasteiger partial charge >= 0.3 is 11.9 Å². The first kappa shape index (κ1) is 18.4. The van der Waals surface area contributed by atoms with E-state index in [9.17, 15) is 18.0 Å². The summed E-state index contributed by atoms with van der Waals surface area (Å²) in [5.74, 6) is -1.86. The van der Waals surface area contributed by atoms with Crippen LogP contribution < -0.4 is 4.72 Å². The molecule has 0 amide bonds. The van der Waals surface area contributed by atoms with Crippen LogP contribution in [0.15, 0.2) is 21.6 Å². The van der Waals surface area contributed by atoms with Crippen LogP contribution in [0.25, 0.3) is 0 Å². The van der Waals surface area contributed by atoms with Crippen LogP contribution in [-0.4, -0.2) is 62.6 Å². The van der Waals surface area contributed by atoms with Gasteiger partial charge in [-0.2, -0.15) is 0 Å². The second kappa shape index (κ2) is 7.32. The quantitative estimate of drug-likeness (QED) is 0.633. The number of esters is 1. The number of carboxylic acid groups (broad SMARTS) is 1. The Morgan fingerprint density at radius 2 is 2.08 bits per heavy atom. The van der Waals surface area contributed by atoms with Crippen molar-refractivity contribution in [3.8, 4) is 0 Å². The number of sulfonamides is 1. The van der Waals surface area contributed by atoms with Crippen molar-refractivity contribution in [2.24, 2.45) is 0 Å². The maximum atomic E-state index is 12.2. The summed E-state index contributed by atoms with van der Waals surface area (Å²) in [6.45, 7) is 2.37. The summed E-state index contributed by atoms with van der Waals surface area (Å²) in [6, 6.07) is 2.15. The lowest BCUT2D eigenvalue weighted by Gasteiger charge is -2.41. The summed E-state index contributed by atoms with van der Waals surface area (Å²) in [5, 5.41) is 8.49. The molecule has 0 bridgehead atoms. The third-order valence-electron chi connectivity index (χ3n) is 3.93. The molecule has 0 spiro atoms. The van der Waals surface area contributed by atoms with Crippen molar-refractivity contribution in [2.45, 2.75) is 36.9 Å². The van der Waals surface area contributed by atoms with Gasteiger partial charge in [-0.05, 0) is 31.5 Å². The Labute approximate surface area is 139 Å². The van der Waals surface area contributed by atoms with Crippen LogP contribution >= 0.6 is 0 Å². The number of hydrogen-bond donors (Lipinski definition) is 2. The molecule has 1 aliphatic rings. The van der Waals surface area contributed by atoms with Crippen molar-refractivity contribution >= 4 is 22.0 Å². The largest absolute Gasteiger partial charge is 0.480 e. The molecule has 0 aliphatic heterocycles. The predicted octanol–water partition coefficient (Wildman–Crippen LogP) is 0.282. The highest BCUT2D eigenvalue weighted by Crippen LogP contribution is 2.27. The van der Waals surface area contributed by atoms with Crippen LogP contribution in [-0.2, 0) is 19.6 Å². The molecule has 10 heteroatoms.